The number of benzene rings is 1. The van der Waals surface area contributed by atoms with Gasteiger partial charge < -0.3 is 11.1 Å². The van der Waals surface area contributed by atoms with Crippen molar-refractivity contribution in [2.24, 2.45) is 11.7 Å². The molecule has 108 valence electrons. The second-order valence-corrected chi connectivity index (χ2v) is 5.72. The van der Waals surface area contributed by atoms with E-state index in [1.165, 1.54) is 0 Å². The monoisotopic (exact) mass is 274 g/mol. The van der Waals surface area contributed by atoms with Gasteiger partial charge in [-0.1, -0.05) is 13.8 Å². The fourth-order valence-electron chi connectivity index (χ4n) is 2.06. The lowest BCUT2D eigenvalue weighted by Gasteiger charge is -2.15. The fourth-order valence-corrected chi connectivity index (χ4v) is 2.06. The third-order valence-electron chi connectivity index (χ3n) is 3.38. The molecule has 2 aromatic rings. The Labute approximate surface area is 119 Å². The number of anilines is 1. The molecule has 1 atom stereocenters. The van der Waals surface area contributed by atoms with Gasteiger partial charge in [0.25, 0.3) is 0 Å². The van der Waals surface area contributed by atoms with Gasteiger partial charge in [0.15, 0.2) is 0 Å². The number of carbonyl (C=O) groups is 1. The minimum Gasteiger partial charge on any atom is -0.325 e. The van der Waals surface area contributed by atoms with E-state index in [2.05, 4.69) is 24.3 Å². The van der Waals surface area contributed by atoms with Crippen molar-refractivity contribution >= 4 is 22.5 Å². The highest BCUT2D eigenvalue weighted by atomic mass is 16.2. The molecule has 20 heavy (non-hydrogen) atoms. The fraction of sp³-hybridized carbons (Fsp3) is 0.467. The minimum atomic E-state index is -0.499. The summed E-state index contributed by atoms with van der Waals surface area (Å²) >= 11 is 0. The lowest BCUT2D eigenvalue weighted by atomic mass is 10.0. The Morgan fingerprint density at radius 1 is 1.30 bits per heavy atom. The minimum absolute atomic E-state index is 0.111. The van der Waals surface area contributed by atoms with E-state index in [0.717, 1.165) is 16.6 Å². The van der Waals surface area contributed by atoms with Crippen LogP contribution in [-0.4, -0.2) is 21.7 Å². The number of hydrogen-bond acceptors (Lipinski definition) is 3. The average Bonchev–Trinajstić information content (AvgIpc) is 2.80. The maximum atomic E-state index is 12.0. The molecule has 5 nitrogen and oxygen atoms in total. The van der Waals surface area contributed by atoms with E-state index in [4.69, 9.17) is 5.73 Å². The van der Waals surface area contributed by atoms with Crippen molar-refractivity contribution in [3.63, 3.8) is 0 Å². The summed E-state index contributed by atoms with van der Waals surface area (Å²) in [6.45, 7) is 8.02. The lowest BCUT2D eigenvalue weighted by molar-refractivity contribution is -0.118. The van der Waals surface area contributed by atoms with Crippen molar-refractivity contribution in [1.29, 1.82) is 0 Å². The Morgan fingerprint density at radius 2 is 2.00 bits per heavy atom. The van der Waals surface area contributed by atoms with Crippen molar-refractivity contribution in [3.8, 4) is 0 Å². The molecule has 0 saturated carbocycles. The Morgan fingerprint density at radius 3 is 2.60 bits per heavy atom. The second kappa shape index (κ2) is 5.63. The Balaban J connectivity index is 2.27. The van der Waals surface area contributed by atoms with Gasteiger partial charge in [0.1, 0.15) is 0 Å². The number of nitrogens with one attached hydrogen (secondary N) is 1. The molecule has 0 fully saturated rings. The van der Waals surface area contributed by atoms with Gasteiger partial charge >= 0.3 is 0 Å². The molecule has 0 spiro atoms. The highest BCUT2D eigenvalue weighted by Gasteiger charge is 2.17. The zero-order chi connectivity index (χ0) is 14.9. The van der Waals surface area contributed by atoms with Gasteiger partial charge in [-0.3, -0.25) is 9.48 Å². The molecule has 0 saturated heterocycles. The Hall–Kier alpha value is -1.88. The molecule has 0 bridgehead atoms. The summed E-state index contributed by atoms with van der Waals surface area (Å²) in [6.07, 6.45) is 1.83. The molecule has 3 N–H and O–H groups in total. The first-order valence-corrected chi connectivity index (χ1v) is 6.94. The van der Waals surface area contributed by atoms with E-state index in [1.807, 2.05) is 42.9 Å². The molecule has 2 rings (SSSR count). The van der Waals surface area contributed by atoms with E-state index in [9.17, 15) is 4.79 Å². The summed E-state index contributed by atoms with van der Waals surface area (Å²) in [4.78, 5) is 12.0. The predicted molar refractivity (Wildman–Crippen MR) is 81.6 cm³/mol. The van der Waals surface area contributed by atoms with Crippen LogP contribution in [0.1, 0.15) is 33.7 Å². The molecule has 0 unspecified atom stereocenters. The summed E-state index contributed by atoms with van der Waals surface area (Å²) in [5, 5.41) is 8.28. The summed E-state index contributed by atoms with van der Waals surface area (Å²) in [6, 6.07) is 5.54. The number of carbonyl (C=O) groups excluding carboxylic acids is 1. The molecule has 0 aliphatic heterocycles. The number of aromatic nitrogens is 2. The normalized spacial score (nSPS) is 13.2. The van der Waals surface area contributed by atoms with Crippen LogP contribution in [0.15, 0.2) is 24.4 Å². The van der Waals surface area contributed by atoms with Crippen molar-refractivity contribution < 1.29 is 4.79 Å². The molecule has 1 heterocycles. The molecule has 1 aromatic carbocycles. The van der Waals surface area contributed by atoms with Gasteiger partial charge in [-0.05, 0) is 38.0 Å². The maximum Gasteiger partial charge on any atom is 0.241 e. The van der Waals surface area contributed by atoms with Crippen molar-refractivity contribution in [3.05, 3.63) is 24.4 Å². The van der Waals surface area contributed by atoms with E-state index in [1.54, 1.807) is 0 Å². The SMILES string of the molecule is CC(C)[C@H](N)C(=O)Nc1ccc2cnn(C(C)C)c2c1. The average molecular weight is 274 g/mol. The molecule has 0 radical (unpaired) electrons. The van der Waals surface area contributed by atoms with E-state index in [0.29, 0.717) is 0 Å². The van der Waals surface area contributed by atoms with Crippen LogP contribution >= 0.6 is 0 Å². The van der Waals surface area contributed by atoms with Crippen LogP contribution in [0.5, 0.6) is 0 Å². The number of amides is 1. The molecule has 1 amide bonds. The van der Waals surface area contributed by atoms with Crippen molar-refractivity contribution in [1.82, 2.24) is 9.78 Å². The van der Waals surface area contributed by atoms with Crippen LogP contribution in [0.3, 0.4) is 0 Å². The molecular formula is C15H22N4O. The number of hydrogen-bond donors (Lipinski definition) is 2. The Bertz CT molecular complexity index is 615. The molecule has 0 aliphatic carbocycles. The number of fused-ring (bicyclic) bond motifs is 1. The van der Waals surface area contributed by atoms with Crippen LogP contribution in [0, 0.1) is 5.92 Å². The zero-order valence-electron chi connectivity index (χ0n) is 12.4. The summed E-state index contributed by atoms with van der Waals surface area (Å²) in [5.41, 5.74) is 7.61. The van der Waals surface area contributed by atoms with Crippen LogP contribution in [-0.2, 0) is 4.79 Å². The van der Waals surface area contributed by atoms with Crippen molar-refractivity contribution in [2.75, 3.05) is 5.32 Å². The van der Waals surface area contributed by atoms with Crippen LogP contribution in [0.4, 0.5) is 5.69 Å². The lowest BCUT2D eigenvalue weighted by Crippen LogP contribution is -2.39. The molecule has 0 aliphatic rings. The summed E-state index contributed by atoms with van der Waals surface area (Å²) in [5.74, 6) is -0.0464. The highest BCUT2D eigenvalue weighted by Crippen LogP contribution is 2.22. The Kier molecular flexibility index (Phi) is 4.09. The maximum absolute atomic E-state index is 12.0. The van der Waals surface area contributed by atoms with E-state index >= 15 is 0 Å². The summed E-state index contributed by atoms with van der Waals surface area (Å²) in [7, 11) is 0. The third-order valence-corrected chi connectivity index (χ3v) is 3.38. The highest BCUT2D eigenvalue weighted by molar-refractivity contribution is 5.96. The van der Waals surface area contributed by atoms with Crippen LogP contribution in [0.25, 0.3) is 10.9 Å². The van der Waals surface area contributed by atoms with Gasteiger partial charge in [0, 0.05) is 17.1 Å². The van der Waals surface area contributed by atoms with E-state index < -0.39 is 6.04 Å². The number of nitrogens with zero attached hydrogens (tertiary/aromatic N) is 2. The zero-order valence-corrected chi connectivity index (χ0v) is 12.4. The first-order valence-electron chi connectivity index (χ1n) is 6.94. The summed E-state index contributed by atoms with van der Waals surface area (Å²) < 4.78 is 1.94. The quantitative estimate of drug-likeness (QED) is 0.899. The van der Waals surface area contributed by atoms with Gasteiger partial charge in [0.2, 0.25) is 5.91 Å². The third kappa shape index (κ3) is 2.82. The smallest absolute Gasteiger partial charge is 0.241 e. The predicted octanol–water partition coefficient (Wildman–Crippen LogP) is 2.54. The van der Waals surface area contributed by atoms with Gasteiger partial charge in [-0.2, -0.15) is 5.10 Å². The first kappa shape index (κ1) is 14.5. The first-order chi connectivity index (χ1) is 9.40. The standard InChI is InChI=1S/C15H22N4O/c1-9(2)14(16)15(20)18-12-6-5-11-8-17-19(10(3)4)13(11)7-12/h5-10,14H,16H2,1-4H3,(H,18,20)/t14-/m0/s1. The molecular weight excluding hydrogens is 252 g/mol. The van der Waals surface area contributed by atoms with Crippen molar-refractivity contribution in [2.45, 2.75) is 39.8 Å². The molecule has 1 aromatic heterocycles. The number of rotatable bonds is 4. The van der Waals surface area contributed by atoms with Crippen LogP contribution in [0.2, 0.25) is 0 Å². The van der Waals surface area contributed by atoms with Gasteiger partial charge in [0.05, 0.1) is 17.8 Å². The van der Waals surface area contributed by atoms with Crippen LogP contribution < -0.4 is 11.1 Å². The van der Waals surface area contributed by atoms with E-state index in [-0.39, 0.29) is 17.9 Å². The largest absolute Gasteiger partial charge is 0.325 e. The van der Waals surface area contributed by atoms with Gasteiger partial charge in [-0.25, -0.2) is 0 Å². The molecule has 5 heteroatoms. The second-order valence-electron chi connectivity index (χ2n) is 5.72. The van der Waals surface area contributed by atoms with Gasteiger partial charge in [-0.15, -0.1) is 0 Å². The number of nitrogens with two attached hydrogens (primary N) is 1. The topological polar surface area (TPSA) is 72.9 Å².